The highest BCUT2D eigenvalue weighted by atomic mass is 16.6. The second-order valence-electron chi connectivity index (χ2n) is 6.79. The molecule has 0 saturated carbocycles. The Hall–Kier alpha value is -0.850. The summed E-state index contributed by atoms with van der Waals surface area (Å²) in [6.07, 6.45) is 0.952. The summed E-state index contributed by atoms with van der Waals surface area (Å²) in [5.74, 6) is 0. The van der Waals surface area contributed by atoms with Crippen LogP contribution in [0.3, 0.4) is 0 Å². The minimum atomic E-state index is -0.720. The average molecular weight is 302 g/mol. The molecular weight excluding hydrogens is 272 g/mol. The molecule has 1 unspecified atom stereocenters. The number of hydrogen-bond donors (Lipinski definition) is 2. The van der Waals surface area contributed by atoms with E-state index in [0.29, 0.717) is 39.1 Å². The number of likely N-dealkylation sites (N-methyl/N-ethyl adjacent to an activating group) is 1. The van der Waals surface area contributed by atoms with Gasteiger partial charge in [0.1, 0.15) is 5.60 Å². The number of carbonyl (C=O) groups excluding carboxylic acids is 1. The lowest BCUT2D eigenvalue weighted by Gasteiger charge is -2.38. The summed E-state index contributed by atoms with van der Waals surface area (Å²) in [5.41, 5.74) is -1.20. The summed E-state index contributed by atoms with van der Waals surface area (Å²) in [6.45, 7) is 9.85. The lowest BCUT2D eigenvalue weighted by Crippen LogP contribution is -2.53. The first-order valence-electron chi connectivity index (χ1n) is 7.62. The van der Waals surface area contributed by atoms with E-state index >= 15 is 0 Å². The van der Waals surface area contributed by atoms with Crippen LogP contribution >= 0.6 is 0 Å². The summed E-state index contributed by atoms with van der Waals surface area (Å²) < 4.78 is 10.6. The van der Waals surface area contributed by atoms with Crippen molar-refractivity contribution in [1.82, 2.24) is 10.2 Å². The van der Waals surface area contributed by atoms with Crippen LogP contribution in [0.4, 0.5) is 4.79 Å². The highest BCUT2D eigenvalue weighted by Gasteiger charge is 2.35. The Labute approximate surface area is 127 Å². The van der Waals surface area contributed by atoms with Crippen molar-refractivity contribution in [3.05, 3.63) is 0 Å². The molecule has 0 radical (unpaired) electrons. The lowest BCUT2D eigenvalue weighted by molar-refractivity contribution is -0.0816. The molecule has 2 N–H and O–H groups in total. The minimum absolute atomic E-state index is 0.0339. The van der Waals surface area contributed by atoms with Crippen LogP contribution < -0.4 is 5.32 Å². The van der Waals surface area contributed by atoms with Crippen LogP contribution in [-0.2, 0) is 9.47 Å². The standard InChI is InChI=1S/C15H30N2O4/c1-12(15(19)6-10-20-11-7-15)16-8-9-17(5)13(18)21-14(2,3)4/h12,16,19H,6-11H2,1-5H3. The first-order chi connectivity index (χ1) is 9.64. The molecule has 1 aliphatic rings. The fourth-order valence-electron chi connectivity index (χ4n) is 2.23. The van der Waals surface area contributed by atoms with E-state index in [-0.39, 0.29) is 12.1 Å². The van der Waals surface area contributed by atoms with Gasteiger partial charge in [0.2, 0.25) is 0 Å². The van der Waals surface area contributed by atoms with Crippen molar-refractivity contribution >= 4 is 6.09 Å². The predicted octanol–water partition coefficient (Wildman–Crippen LogP) is 1.37. The van der Waals surface area contributed by atoms with E-state index in [9.17, 15) is 9.90 Å². The van der Waals surface area contributed by atoms with Gasteiger partial charge < -0.3 is 24.8 Å². The summed E-state index contributed by atoms with van der Waals surface area (Å²) in [5, 5.41) is 13.8. The normalized spacial score (nSPS) is 19.9. The molecule has 0 aromatic heterocycles. The van der Waals surface area contributed by atoms with Crippen molar-refractivity contribution in [2.75, 3.05) is 33.4 Å². The highest BCUT2D eigenvalue weighted by Crippen LogP contribution is 2.24. The van der Waals surface area contributed by atoms with Crippen molar-refractivity contribution in [2.45, 2.75) is 57.8 Å². The van der Waals surface area contributed by atoms with Gasteiger partial charge >= 0.3 is 6.09 Å². The number of nitrogens with one attached hydrogen (secondary N) is 1. The Bertz CT molecular complexity index is 335. The van der Waals surface area contributed by atoms with E-state index in [1.54, 1.807) is 11.9 Å². The average Bonchev–Trinajstić information content (AvgIpc) is 2.37. The molecule has 0 aromatic rings. The number of rotatable bonds is 5. The van der Waals surface area contributed by atoms with E-state index in [4.69, 9.17) is 9.47 Å². The van der Waals surface area contributed by atoms with Crippen molar-refractivity contribution in [2.24, 2.45) is 0 Å². The maximum Gasteiger partial charge on any atom is 0.410 e. The Kier molecular flexibility index (Phi) is 6.43. The second kappa shape index (κ2) is 7.42. The first-order valence-corrected chi connectivity index (χ1v) is 7.62. The molecule has 0 bridgehead atoms. The Morgan fingerprint density at radius 2 is 2.00 bits per heavy atom. The summed E-state index contributed by atoms with van der Waals surface area (Å²) in [6, 6.07) is -0.0339. The number of carbonyl (C=O) groups is 1. The van der Waals surface area contributed by atoms with E-state index in [1.807, 2.05) is 27.7 Å². The van der Waals surface area contributed by atoms with Crippen molar-refractivity contribution in [3.8, 4) is 0 Å². The van der Waals surface area contributed by atoms with Gasteiger partial charge in [-0.1, -0.05) is 0 Å². The quantitative estimate of drug-likeness (QED) is 0.802. The van der Waals surface area contributed by atoms with Crippen LogP contribution in [0.25, 0.3) is 0 Å². The van der Waals surface area contributed by atoms with E-state index in [1.165, 1.54) is 0 Å². The minimum Gasteiger partial charge on any atom is -0.444 e. The SMILES string of the molecule is CC(NCCN(C)C(=O)OC(C)(C)C)C1(O)CCOCC1. The summed E-state index contributed by atoms with van der Waals surface area (Å²) in [7, 11) is 1.71. The molecule has 1 aliphatic heterocycles. The number of nitrogens with zero attached hydrogens (tertiary/aromatic N) is 1. The van der Waals surface area contributed by atoms with Crippen LogP contribution in [0, 0.1) is 0 Å². The predicted molar refractivity (Wildman–Crippen MR) is 81.3 cm³/mol. The molecule has 6 nitrogen and oxygen atoms in total. The van der Waals surface area contributed by atoms with Gasteiger partial charge in [-0.2, -0.15) is 0 Å². The van der Waals surface area contributed by atoms with Crippen LogP contribution in [0.2, 0.25) is 0 Å². The molecule has 0 aliphatic carbocycles. The van der Waals surface area contributed by atoms with Gasteiger partial charge in [-0.3, -0.25) is 0 Å². The number of amides is 1. The zero-order chi connectivity index (χ0) is 16.1. The molecule has 0 spiro atoms. The lowest BCUT2D eigenvalue weighted by atomic mass is 9.87. The molecular formula is C15H30N2O4. The fourth-order valence-corrected chi connectivity index (χ4v) is 2.23. The molecule has 1 amide bonds. The summed E-state index contributed by atoms with van der Waals surface area (Å²) in [4.78, 5) is 13.3. The monoisotopic (exact) mass is 302 g/mol. The van der Waals surface area contributed by atoms with Crippen LogP contribution in [-0.4, -0.2) is 66.7 Å². The molecule has 0 aromatic carbocycles. The van der Waals surface area contributed by atoms with E-state index < -0.39 is 11.2 Å². The van der Waals surface area contributed by atoms with Crippen LogP contribution in [0.5, 0.6) is 0 Å². The molecule has 1 fully saturated rings. The fraction of sp³-hybridized carbons (Fsp3) is 0.933. The van der Waals surface area contributed by atoms with Gasteiger partial charge in [-0.25, -0.2) is 4.79 Å². The largest absolute Gasteiger partial charge is 0.444 e. The zero-order valence-electron chi connectivity index (χ0n) is 13.9. The first kappa shape index (κ1) is 18.2. The van der Waals surface area contributed by atoms with E-state index in [2.05, 4.69) is 5.32 Å². The summed E-state index contributed by atoms with van der Waals surface area (Å²) >= 11 is 0. The maximum atomic E-state index is 11.8. The molecule has 1 saturated heterocycles. The van der Waals surface area contributed by atoms with Crippen LogP contribution in [0.1, 0.15) is 40.5 Å². The van der Waals surface area contributed by atoms with Crippen LogP contribution in [0.15, 0.2) is 0 Å². The number of ether oxygens (including phenoxy) is 2. The molecule has 1 atom stereocenters. The molecule has 1 heterocycles. The van der Waals surface area contributed by atoms with Gasteiger partial charge in [-0.05, 0) is 27.7 Å². The zero-order valence-corrected chi connectivity index (χ0v) is 13.9. The molecule has 21 heavy (non-hydrogen) atoms. The topological polar surface area (TPSA) is 71.0 Å². The van der Waals surface area contributed by atoms with Crippen molar-refractivity contribution in [1.29, 1.82) is 0 Å². The second-order valence-corrected chi connectivity index (χ2v) is 6.79. The Morgan fingerprint density at radius 3 is 2.52 bits per heavy atom. The van der Waals surface area contributed by atoms with Gasteiger partial charge in [-0.15, -0.1) is 0 Å². The Morgan fingerprint density at radius 1 is 1.43 bits per heavy atom. The van der Waals surface area contributed by atoms with Crippen molar-refractivity contribution < 1.29 is 19.4 Å². The maximum absolute atomic E-state index is 11.8. The van der Waals surface area contributed by atoms with Gasteiger partial charge in [0.05, 0.1) is 5.60 Å². The third-order valence-electron chi connectivity index (χ3n) is 3.77. The third kappa shape index (κ3) is 6.20. The highest BCUT2D eigenvalue weighted by molar-refractivity contribution is 5.67. The van der Waals surface area contributed by atoms with Gasteiger partial charge in [0, 0.05) is 52.2 Å². The molecule has 6 heteroatoms. The van der Waals surface area contributed by atoms with E-state index in [0.717, 1.165) is 0 Å². The molecule has 124 valence electrons. The molecule has 1 rings (SSSR count). The smallest absolute Gasteiger partial charge is 0.410 e. The van der Waals surface area contributed by atoms with Gasteiger partial charge in [0.15, 0.2) is 0 Å². The van der Waals surface area contributed by atoms with Gasteiger partial charge in [0.25, 0.3) is 0 Å². The Balaban J connectivity index is 2.30. The third-order valence-corrected chi connectivity index (χ3v) is 3.77. The number of aliphatic hydroxyl groups is 1. The van der Waals surface area contributed by atoms with Crippen molar-refractivity contribution in [3.63, 3.8) is 0 Å². The number of hydrogen-bond acceptors (Lipinski definition) is 5.